The standard InChI is InChI=1S/C25H26FN/c1-3-7-20-10-11-22-17-23(13-12-21(22)16-20)24-14-15-25(27-18-24)9-6-4-5-8-19(2)26/h3,6,9-19H,1,4-5,7-8H2,2H3. The Bertz CT molecular complexity index is 923. The Labute approximate surface area is 161 Å². The molecular weight excluding hydrogens is 333 g/mol. The summed E-state index contributed by atoms with van der Waals surface area (Å²) < 4.78 is 12.8. The highest BCUT2D eigenvalue weighted by molar-refractivity contribution is 5.87. The second-order valence-corrected chi connectivity index (χ2v) is 6.97. The molecule has 3 aromatic rings. The maximum Gasteiger partial charge on any atom is 0.0973 e. The smallest absolute Gasteiger partial charge is 0.0973 e. The second-order valence-electron chi connectivity index (χ2n) is 6.97. The quantitative estimate of drug-likeness (QED) is 0.307. The molecule has 0 aliphatic rings. The van der Waals surface area contributed by atoms with E-state index in [-0.39, 0.29) is 0 Å². The van der Waals surface area contributed by atoms with Crippen molar-refractivity contribution in [3.8, 4) is 11.1 Å². The molecule has 1 nitrogen and oxygen atoms in total. The number of hydrogen-bond acceptors (Lipinski definition) is 1. The highest BCUT2D eigenvalue weighted by atomic mass is 19.1. The fraction of sp³-hybridized carbons (Fsp3) is 0.240. The van der Waals surface area contributed by atoms with Gasteiger partial charge >= 0.3 is 0 Å². The number of pyridine rings is 1. The van der Waals surface area contributed by atoms with Gasteiger partial charge in [-0.25, -0.2) is 4.39 Å². The van der Waals surface area contributed by atoms with Crippen LogP contribution in [0.3, 0.4) is 0 Å². The predicted molar refractivity (Wildman–Crippen MR) is 115 cm³/mol. The summed E-state index contributed by atoms with van der Waals surface area (Å²) in [7, 11) is 0. The van der Waals surface area contributed by atoms with Crippen molar-refractivity contribution in [1.82, 2.24) is 4.98 Å². The van der Waals surface area contributed by atoms with Crippen molar-refractivity contribution in [2.75, 3.05) is 0 Å². The number of allylic oxidation sites excluding steroid dienone is 2. The van der Waals surface area contributed by atoms with Crippen molar-refractivity contribution in [2.45, 2.75) is 38.8 Å². The summed E-state index contributed by atoms with van der Waals surface area (Å²) in [4.78, 5) is 4.53. The number of fused-ring (bicyclic) bond motifs is 1. The highest BCUT2D eigenvalue weighted by Gasteiger charge is 2.02. The zero-order chi connectivity index (χ0) is 19.1. The minimum Gasteiger partial charge on any atom is -0.256 e. The van der Waals surface area contributed by atoms with Gasteiger partial charge in [-0.1, -0.05) is 48.6 Å². The van der Waals surface area contributed by atoms with Crippen LogP contribution in [-0.2, 0) is 6.42 Å². The fourth-order valence-corrected chi connectivity index (χ4v) is 3.16. The molecule has 0 radical (unpaired) electrons. The number of alkyl halides is 1. The Morgan fingerprint density at radius 2 is 1.81 bits per heavy atom. The van der Waals surface area contributed by atoms with Gasteiger partial charge in [-0.05, 0) is 72.7 Å². The van der Waals surface area contributed by atoms with E-state index in [1.165, 1.54) is 21.9 Å². The van der Waals surface area contributed by atoms with Crippen LogP contribution in [-0.4, -0.2) is 11.2 Å². The lowest BCUT2D eigenvalue weighted by atomic mass is 10.00. The van der Waals surface area contributed by atoms with Crippen LogP contribution in [0.2, 0.25) is 0 Å². The van der Waals surface area contributed by atoms with E-state index in [4.69, 9.17) is 0 Å². The van der Waals surface area contributed by atoms with Crippen molar-refractivity contribution in [2.24, 2.45) is 0 Å². The first-order valence-electron chi connectivity index (χ1n) is 9.56. The van der Waals surface area contributed by atoms with E-state index in [9.17, 15) is 4.39 Å². The van der Waals surface area contributed by atoms with E-state index in [2.05, 4.69) is 60.1 Å². The van der Waals surface area contributed by atoms with Gasteiger partial charge in [0.25, 0.3) is 0 Å². The molecule has 1 aromatic heterocycles. The van der Waals surface area contributed by atoms with Crippen LogP contribution in [0, 0.1) is 0 Å². The molecule has 0 bridgehead atoms. The Balaban J connectivity index is 1.70. The molecule has 0 amide bonds. The summed E-state index contributed by atoms with van der Waals surface area (Å²) in [6.07, 6.45) is 10.5. The molecule has 138 valence electrons. The van der Waals surface area contributed by atoms with Crippen molar-refractivity contribution in [3.05, 3.63) is 84.7 Å². The Morgan fingerprint density at radius 3 is 2.56 bits per heavy atom. The van der Waals surface area contributed by atoms with E-state index < -0.39 is 6.17 Å². The molecule has 0 aliphatic heterocycles. The monoisotopic (exact) mass is 359 g/mol. The van der Waals surface area contributed by atoms with Gasteiger partial charge in [0.1, 0.15) is 0 Å². The van der Waals surface area contributed by atoms with Crippen LogP contribution in [0.4, 0.5) is 4.39 Å². The van der Waals surface area contributed by atoms with Crippen molar-refractivity contribution < 1.29 is 4.39 Å². The third-order valence-corrected chi connectivity index (χ3v) is 4.67. The molecule has 0 aliphatic carbocycles. The first kappa shape index (κ1) is 19.0. The van der Waals surface area contributed by atoms with E-state index in [0.29, 0.717) is 6.42 Å². The van der Waals surface area contributed by atoms with E-state index in [1.54, 1.807) is 6.92 Å². The van der Waals surface area contributed by atoms with Crippen LogP contribution < -0.4 is 0 Å². The van der Waals surface area contributed by atoms with Gasteiger partial charge in [0.2, 0.25) is 0 Å². The second kappa shape index (κ2) is 9.27. The molecular formula is C25H26FN. The van der Waals surface area contributed by atoms with Crippen LogP contribution in [0.25, 0.3) is 28.0 Å². The summed E-state index contributed by atoms with van der Waals surface area (Å²) in [6.45, 7) is 5.41. The molecule has 3 rings (SSSR count). The molecule has 1 heterocycles. The number of nitrogens with zero attached hydrogens (tertiary/aromatic N) is 1. The Kier molecular flexibility index (Phi) is 6.54. The third-order valence-electron chi connectivity index (χ3n) is 4.67. The summed E-state index contributed by atoms with van der Waals surface area (Å²) in [5.74, 6) is 0. The zero-order valence-corrected chi connectivity index (χ0v) is 15.9. The van der Waals surface area contributed by atoms with Crippen molar-refractivity contribution >= 4 is 16.8 Å². The number of unbranched alkanes of at least 4 members (excludes halogenated alkanes) is 1. The van der Waals surface area contributed by atoms with E-state index in [1.807, 2.05) is 24.4 Å². The maximum atomic E-state index is 12.8. The number of rotatable bonds is 8. The largest absolute Gasteiger partial charge is 0.256 e. The molecule has 2 heteroatoms. The SMILES string of the molecule is C=CCc1ccc2cc(-c3ccc(C=CCCCC(C)F)nc3)ccc2c1. The fourth-order valence-electron chi connectivity index (χ4n) is 3.16. The number of benzene rings is 2. The third kappa shape index (κ3) is 5.37. The van der Waals surface area contributed by atoms with Gasteiger partial charge in [-0.3, -0.25) is 4.98 Å². The minimum absolute atomic E-state index is 0.619. The summed E-state index contributed by atoms with van der Waals surface area (Å²) in [5, 5.41) is 2.47. The summed E-state index contributed by atoms with van der Waals surface area (Å²) in [6, 6.07) is 17.2. The molecule has 2 aromatic carbocycles. The van der Waals surface area contributed by atoms with Crippen molar-refractivity contribution in [1.29, 1.82) is 0 Å². The number of aromatic nitrogens is 1. The van der Waals surface area contributed by atoms with Gasteiger partial charge in [0.15, 0.2) is 0 Å². The summed E-state index contributed by atoms with van der Waals surface area (Å²) >= 11 is 0. The van der Waals surface area contributed by atoms with Gasteiger partial charge in [0, 0.05) is 11.8 Å². The molecule has 0 saturated heterocycles. The predicted octanol–water partition coefficient (Wildman–Crippen LogP) is 7.17. The number of halogens is 1. The topological polar surface area (TPSA) is 12.9 Å². The van der Waals surface area contributed by atoms with Gasteiger partial charge in [-0.2, -0.15) is 0 Å². The average Bonchev–Trinajstić information content (AvgIpc) is 2.68. The summed E-state index contributed by atoms with van der Waals surface area (Å²) in [5.41, 5.74) is 4.49. The van der Waals surface area contributed by atoms with Gasteiger partial charge in [0.05, 0.1) is 11.9 Å². The molecule has 0 saturated carbocycles. The van der Waals surface area contributed by atoms with Crippen LogP contribution in [0.15, 0.2) is 73.5 Å². The van der Waals surface area contributed by atoms with Gasteiger partial charge in [-0.15, -0.1) is 6.58 Å². The molecule has 1 unspecified atom stereocenters. The molecule has 0 spiro atoms. The first-order chi connectivity index (χ1) is 13.2. The lowest BCUT2D eigenvalue weighted by Crippen LogP contribution is -1.90. The molecule has 0 N–H and O–H groups in total. The molecule has 0 fully saturated rings. The lowest BCUT2D eigenvalue weighted by molar-refractivity contribution is 0.335. The first-order valence-corrected chi connectivity index (χ1v) is 9.56. The maximum absolute atomic E-state index is 12.8. The van der Waals surface area contributed by atoms with Crippen molar-refractivity contribution in [3.63, 3.8) is 0 Å². The lowest BCUT2D eigenvalue weighted by Gasteiger charge is -2.06. The Hall–Kier alpha value is -2.74. The van der Waals surface area contributed by atoms with Crippen LogP contribution in [0.5, 0.6) is 0 Å². The normalized spacial score (nSPS) is 12.5. The molecule has 1 atom stereocenters. The van der Waals surface area contributed by atoms with Gasteiger partial charge < -0.3 is 0 Å². The highest BCUT2D eigenvalue weighted by Crippen LogP contribution is 2.25. The zero-order valence-electron chi connectivity index (χ0n) is 15.9. The number of hydrogen-bond donors (Lipinski definition) is 0. The Morgan fingerprint density at radius 1 is 1.04 bits per heavy atom. The average molecular weight is 359 g/mol. The minimum atomic E-state index is -0.716. The van der Waals surface area contributed by atoms with Crippen LogP contribution >= 0.6 is 0 Å². The van der Waals surface area contributed by atoms with E-state index in [0.717, 1.165) is 30.5 Å². The van der Waals surface area contributed by atoms with E-state index >= 15 is 0 Å². The molecule has 27 heavy (non-hydrogen) atoms. The van der Waals surface area contributed by atoms with Crippen LogP contribution in [0.1, 0.15) is 37.4 Å².